The smallest absolute Gasteiger partial charge is 0.0872 e. The summed E-state index contributed by atoms with van der Waals surface area (Å²) < 4.78 is 0.692. The summed E-state index contributed by atoms with van der Waals surface area (Å²) in [5, 5.41) is 0. The van der Waals surface area contributed by atoms with Gasteiger partial charge in [-0.05, 0) is 6.42 Å². The minimum absolute atomic E-state index is 0.692. The second kappa shape index (κ2) is 0.777. The standard InChI is InChI=1S/C4H6IN/c5-4-1-2-6(4)3-4/h1-3H2. The molecule has 0 amide bonds. The van der Waals surface area contributed by atoms with Gasteiger partial charge in [0.25, 0.3) is 0 Å². The molecule has 2 aliphatic rings. The Morgan fingerprint density at radius 1 is 1.67 bits per heavy atom. The first-order valence-corrected chi connectivity index (χ1v) is 3.33. The number of alkyl halides is 1. The Labute approximate surface area is 50.8 Å². The highest BCUT2D eigenvalue weighted by atomic mass is 127. The van der Waals surface area contributed by atoms with Gasteiger partial charge in [-0.1, -0.05) is 22.6 Å². The van der Waals surface area contributed by atoms with Crippen molar-refractivity contribution in [1.29, 1.82) is 0 Å². The summed E-state index contributed by atoms with van der Waals surface area (Å²) in [5.41, 5.74) is 0. The summed E-state index contributed by atoms with van der Waals surface area (Å²) in [7, 11) is 0. The third-order valence-electron chi connectivity index (χ3n) is 1.66. The molecule has 0 saturated carbocycles. The van der Waals surface area contributed by atoms with E-state index in [2.05, 4.69) is 27.5 Å². The summed E-state index contributed by atoms with van der Waals surface area (Å²) in [6, 6.07) is 0. The third-order valence-corrected chi connectivity index (χ3v) is 3.22. The monoisotopic (exact) mass is 195 g/mol. The van der Waals surface area contributed by atoms with Crippen LogP contribution in [0.15, 0.2) is 0 Å². The van der Waals surface area contributed by atoms with Gasteiger partial charge < -0.3 is 0 Å². The van der Waals surface area contributed by atoms with Crippen LogP contribution in [0.5, 0.6) is 0 Å². The lowest BCUT2D eigenvalue weighted by Gasteiger charge is -2.18. The van der Waals surface area contributed by atoms with Gasteiger partial charge in [0.1, 0.15) is 0 Å². The summed E-state index contributed by atoms with van der Waals surface area (Å²) in [6.07, 6.45) is 1.44. The van der Waals surface area contributed by atoms with Crippen LogP contribution in [0.25, 0.3) is 0 Å². The molecule has 34 valence electrons. The molecule has 2 heterocycles. The van der Waals surface area contributed by atoms with Crippen molar-refractivity contribution < 1.29 is 0 Å². The van der Waals surface area contributed by atoms with E-state index in [4.69, 9.17) is 0 Å². The molecule has 0 N–H and O–H groups in total. The molecule has 0 aromatic carbocycles. The Balaban J connectivity index is 2.22. The molecule has 2 fully saturated rings. The van der Waals surface area contributed by atoms with Crippen LogP contribution in [-0.2, 0) is 0 Å². The normalized spacial score (nSPS) is 62.5. The molecule has 0 bridgehead atoms. The molecule has 2 heteroatoms. The van der Waals surface area contributed by atoms with Crippen LogP contribution >= 0.6 is 22.6 Å². The number of nitrogens with zero attached hydrogens (tertiary/aromatic N) is 1. The minimum Gasteiger partial charge on any atom is -0.285 e. The van der Waals surface area contributed by atoms with Crippen molar-refractivity contribution in [3.63, 3.8) is 0 Å². The van der Waals surface area contributed by atoms with Gasteiger partial charge in [-0.2, -0.15) is 0 Å². The van der Waals surface area contributed by atoms with E-state index < -0.39 is 0 Å². The van der Waals surface area contributed by atoms with Gasteiger partial charge in [-0.15, -0.1) is 0 Å². The fourth-order valence-electron chi connectivity index (χ4n) is 0.928. The molecule has 2 saturated heterocycles. The van der Waals surface area contributed by atoms with Crippen molar-refractivity contribution in [2.24, 2.45) is 0 Å². The Morgan fingerprint density at radius 3 is 2.33 bits per heavy atom. The molecule has 1 nitrogen and oxygen atoms in total. The molecule has 0 aromatic heterocycles. The fourth-order valence-corrected chi connectivity index (χ4v) is 1.82. The highest BCUT2D eigenvalue weighted by molar-refractivity contribution is 14.1. The number of hydrogen-bond donors (Lipinski definition) is 0. The number of rotatable bonds is 0. The molecule has 6 heavy (non-hydrogen) atoms. The average Bonchev–Trinajstić information content (AvgIpc) is 1.88. The van der Waals surface area contributed by atoms with Gasteiger partial charge in [0.05, 0.1) is 3.55 Å². The van der Waals surface area contributed by atoms with Crippen LogP contribution < -0.4 is 0 Å². The second-order valence-electron chi connectivity index (χ2n) is 2.09. The van der Waals surface area contributed by atoms with E-state index in [1.54, 1.807) is 0 Å². The van der Waals surface area contributed by atoms with E-state index in [0.717, 1.165) is 0 Å². The highest BCUT2D eigenvalue weighted by Crippen LogP contribution is 2.50. The van der Waals surface area contributed by atoms with E-state index in [1.165, 1.54) is 19.5 Å². The molecule has 0 aromatic rings. The first-order valence-electron chi connectivity index (χ1n) is 2.25. The van der Waals surface area contributed by atoms with Gasteiger partial charge >= 0.3 is 0 Å². The summed E-state index contributed by atoms with van der Waals surface area (Å²) in [4.78, 5) is 2.48. The Kier molecular flexibility index (Phi) is 0.474. The maximum absolute atomic E-state index is 2.53. The maximum atomic E-state index is 2.53. The van der Waals surface area contributed by atoms with E-state index in [9.17, 15) is 0 Å². The molecule has 0 aliphatic carbocycles. The Bertz CT molecular complexity index is 89.5. The van der Waals surface area contributed by atoms with Crippen LogP contribution in [0.1, 0.15) is 6.42 Å². The van der Waals surface area contributed by atoms with Crippen molar-refractivity contribution in [2.75, 3.05) is 13.1 Å². The van der Waals surface area contributed by atoms with Gasteiger partial charge in [0, 0.05) is 13.1 Å². The minimum atomic E-state index is 0.692. The lowest BCUT2D eigenvalue weighted by molar-refractivity contribution is 0.370. The van der Waals surface area contributed by atoms with Crippen molar-refractivity contribution in [3.05, 3.63) is 0 Å². The van der Waals surface area contributed by atoms with Crippen LogP contribution in [0.2, 0.25) is 0 Å². The molecule has 2 aliphatic heterocycles. The van der Waals surface area contributed by atoms with Gasteiger partial charge in [-0.25, -0.2) is 0 Å². The van der Waals surface area contributed by atoms with E-state index in [1.807, 2.05) is 0 Å². The van der Waals surface area contributed by atoms with E-state index in [0.29, 0.717) is 3.55 Å². The zero-order valence-electron chi connectivity index (χ0n) is 3.45. The predicted molar refractivity (Wildman–Crippen MR) is 32.9 cm³/mol. The highest BCUT2D eigenvalue weighted by Gasteiger charge is 2.56. The van der Waals surface area contributed by atoms with Gasteiger partial charge in [0.2, 0.25) is 0 Å². The van der Waals surface area contributed by atoms with Gasteiger partial charge in [0.15, 0.2) is 0 Å². The Hall–Kier alpha value is 0.690. The summed E-state index contributed by atoms with van der Waals surface area (Å²) in [6.45, 7) is 2.73. The predicted octanol–water partition coefficient (Wildman–Crippen LogP) is 0.837. The molecular formula is C4H6IN. The number of fused-ring (bicyclic) bond motifs is 1. The first kappa shape index (κ1) is 3.66. The maximum Gasteiger partial charge on any atom is 0.0872 e. The van der Waals surface area contributed by atoms with Crippen LogP contribution in [0.4, 0.5) is 0 Å². The van der Waals surface area contributed by atoms with E-state index >= 15 is 0 Å². The second-order valence-corrected chi connectivity index (χ2v) is 4.10. The number of halogens is 1. The summed E-state index contributed by atoms with van der Waals surface area (Å²) in [5.74, 6) is 0. The summed E-state index contributed by atoms with van der Waals surface area (Å²) >= 11 is 2.53. The average molecular weight is 195 g/mol. The topological polar surface area (TPSA) is 3.01 Å². The zero-order chi connectivity index (χ0) is 4.20. The number of hydrogen-bond acceptors (Lipinski definition) is 1. The van der Waals surface area contributed by atoms with Crippen molar-refractivity contribution in [1.82, 2.24) is 4.90 Å². The van der Waals surface area contributed by atoms with Crippen LogP contribution in [-0.4, -0.2) is 21.5 Å². The van der Waals surface area contributed by atoms with E-state index in [-0.39, 0.29) is 0 Å². The molecule has 2 unspecified atom stereocenters. The molecule has 2 rings (SSSR count). The molecule has 2 atom stereocenters. The fraction of sp³-hybridized carbons (Fsp3) is 1.00. The Morgan fingerprint density at radius 2 is 2.33 bits per heavy atom. The first-order chi connectivity index (χ1) is 2.81. The third kappa shape index (κ3) is 0.259. The quantitative estimate of drug-likeness (QED) is 0.239. The van der Waals surface area contributed by atoms with Crippen LogP contribution in [0.3, 0.4) is 0 Å². The molecular weight excluding hydrogens is 189 g/mol. The largest absolute Gasteiger partial charge is 0.285 e. The zero-order valence-corrected chi connectivity index (χ0v) is 5.60. The lowest BCUT2D eigenvalue weighted by atomic mass is 10.2. The SMILES string of the molecule is IC12CCN1C2. The van der Waals surface area contributed by atoms with Crippen molar-refractivity contribution in [2.45, 2.75) is 9.97 Å². The van der Waals surface area contributed by atoms with Crippen molar-refractivity contribution in [3.8, 4) is 0 Å². The van der Waals surface area contributed by atoms with Crippen molar-refractivity contribution >= 4 is 22.6 Å². The van der Waals surface area contributed by atoms with Gasteiger partial charge in [-0.3, -0.25) is 4.90 Å². The molecule has 0 radical (unpaired) electrons. The molecule has 0 spiro atoms. The lowest BCUT2D eigenvalue weighted by Crippen LogP contribution is -2.25. The van der Waals surface area contributed by atoms with Crippen LogP contribution in [0, 0.1) is 0 Å².